The van der Waals surface area contributed by atoms with Crippen LogP contribution in [0.3, 0.4) is 0 Å². The first-order valence-electron chi connectivity index (χ1n) is 10.7. The van der Waals surface area contributed by atoms with Gasteiger partial charge in [0.1, 0.15) is 23.3 Å². The van der Waals surface area contributed by atoms with Crippen molar-refractivity contribution in [3.05, 3.63) is 97.1 Å². The molecule has 0 aliphatic carbocycles. The van der Waals surface area contributed by atoms with E-state index in [1.165, 1.54) is 35.2 Å². The molecule has 1 heterocycles. The Balaban J connectivity index is 1.70. The number of hydrogen-bond acceptors (Lipinski definition) is 3. The fraction of sp³-hybridized carbons (Fsp3) is 0.192. The summed E-state index contributed by atoms with van der Waals surface area (Å²) in [6, 6.07) is 10.0. The fourth-order valence-corrected chi connectivity index (χ4v) is 5.55. The molecule has 1 aliphatic rings. The second-order valence-corrected chi connectivity index (χ2v) is 9.94. The van der Waals surface area contributed by atoms with Crippen LogP contribution in [-0.2, 0) is 23.3 Å². The predicted octanol–water partition coefficient (Wildman–Crippen LogP) is 5.47. The minimum atomic E-state index is -1.13. The second kappa shape index (κ2) is 9.54. The highest BCUT2D eigenvalue weighted by Crippen LogP contribution is 2.45. The number of carbonyl (C=O) groups excluding carboxylic acids is 2. The molecule has 36 heavy (non-hydrogen) atoms. The first-order valence-corrected chi connectivity index (χ1v) is 11.8. The van der Waals surface area contributed by atoms with E-state index in [1.807, 2.05) is 28.7 Å². The van der Waals surface area contributed by atoms with Crippen molar-refractivity contribution in [2.45, 2.75) is 32.4 Å². The number of fused-ring (bicyclic) bond motifs is 1. The zero-order chi connectivity index (χ0) is 26.4. The van der Waals surface area contributed by atoms with Crippen LogP contribution in [0.25, 0.3) is 0 Å². The number of halogens is 5. The zero-order valence-electron chi connectivity index (χ0n) is 19.1. The first-order chi connectivity index (χ1) is 16.9. The highest BCUT2D eigenvalue weighted by Gasteiger charge is 2.46. The summed E-state index contributed by atoms with van der Waals surface area (Å²) in [4.78, 5) is 27.6. The van der Waals surface area contributed by atoms with Crippen molar-refractivity contribution in [3.63, 3.8) is 0 Å². The molecule has 0 saturated carbocycles. The number of hydrogen-bond donors (Lipinski definition) is 1. The standard InChI is InChI=1S/C26H18F4IN3O2/c1-26(2)23-21(31)6-14(24(35)33-11-16-19(29)8-15(27)9-20(16)30)7-22(23)34(25(26)36)12-17-13(10-32)4-3-5-18(17)28/h3-9H,11-12H2,1-2H3,(H,33,35). The number of benzene rings is 3. The predicted molar refractivity (Wildman–Crippen MR) is 132 cm³/mol. The summed E-state index contributed by atoms with van der Waals surface area (Å²) >= 11 is 1.99. The summed E-state index contributed by atoms with van der Waals surface area (Å²) in [7, 11) is 0. The Kier molecular flexibility index (Phi) is 6.79. The molecule has 5 nitrogen and oxygen atoms in total. The summed E-state index contributed by atoms with van der Waals surface area (Å²) in [6.45, 7) is 2.67. The zero-order valence-corrected chi connectivity index (χ0v) is 21.2. The summed E-state index contributed by atoms with van der Waals surface area (Å²) in [5, 5.41) is 11.8. The van der Waals surface area contributed by atoms with Gasteiger partial charge in [-0.25, -0.2) is 17.6 Å². The molecule has 0 atom stereocenters. The number of nitrogens with zero attached hydrogens (tertiary/aromatic N) is 2. The van der Waals surface area contributed by atoms with E-state index in [1.54, 1.807) is 13.8 Å². The van der Waals surface area contributed by atoms with E-state index in [4.69, 9.17) is 0 Å². The van der Waals surface area contributed by atoms with Crippen LogP contribution in [0.15, 0.2) is 42.5 Å². The van der Waals surface area contributed by atoms with Crippen LogP contribution < -0.4 is 10.2 Å². The second-order valence-electron chi connectivity index (χ2n) is 8.78. The van der Waals surface area contributed by atoms with Crippen molar-refractivity contribution in [2.75, 3.05) is 4.90 Å². The third kappa shape index (κ3) is 4.43. The maximum atomic E-state index is 14.6. The van der Waals surface area contributed by atoms with Crippen LogP contribution >= 0.6 is 22.6 Å². The molecular formula is C26H18F4IN3O2. The lowest BCUT2D eigenvalue weighted by molar-refractivity contribution is -0.122. The molecule has 10 heteroatoms. The van der Waals surface area contributed by atoms with Gasteiger partial charge >= 0.3 is 0 Å². The Morgan fingerprint density at radius 2 is 1.72 bits per heavy atom. The van der Waals surface area contributed by atoms with Crippen molar-refractivity contribution in [2.24, 2.45) is 0 Å². The molecule has 0 unspecified atom stereocenters. The maximum absolute atomic E-state index is 14.6. The molecule has 4 rings (SSSR count). The summed E-state index contributed by atoms with van der Waals surface area (Å²) in [6.07, 6.45) is 0. The third-order valence-corrected chi connectivity index (χ3v) is 6.97. The average molecular weight is 607 g/mol. The normalized spacial score (nSPS) is 13.9. The Labute approximate surface area is 217 Å². The quantitative estimate of drug-likeness (QED) is 0.309. The van der Waals surface area contributed by atoms with E-state index in [0.717, 1.165) is 0 Å². The smallest absolute Gasteiger partial charge is 0.251 e. The topological polar surface area (TPSA) is 73.2 Å². The van der Waals surface area contributed by atoms with Gasteiger partial charge < -0.3 is 10.2 Å². The van der Waals surface area contributed by atoms with Gasteiger partial charge in [-0.05, 0) is 60.7 Å². The van der Waals surface area contributed by atoms with Gasteiger partial charge in [0.25, 0.3) is 5.91 Å². The molecule has 0 radical (unpaired) electrons. The van der Waals surface area contributed by atoms with Crippen molar-refractivity contribution in [1.29, 1.82) is 5.26 Å². The summed E-state index contributed by atoms with van der Waals surface area (Å²) in [5.74, 6) is -4.99. The lowest BCUT2D eigenvalue weighted by Gasteiger charge is -2.21. The maximum Gasteiger partial charge on any atom is 0.251 e. The number of nitrogens with one attached hydrogen (secondary N) is 1. The van der Waals surface area contributed by atoms with Gasteiger partial charge in [0.2, 0.25) is 5.91 Å². The molecule has 0 spiro atoms. The van der Waals surface area contributed by atoms with E-state index in [9.17, 15) is 32.4 Å². The summed E-state index contributed by atoms with van der Waals surface area (Å²) in [5.41, 5.74) is -0.249. The average Bonchev–Trinajstić information content (AvgIpc) is 2.99. The van der Waals surface area contributed by atoms with E-state index < -0.39 is 46.7 Å². The fourth-order valence-electron chi connectivity index (χ4n) is 4.26. The van der Waals surface area contributed by atoms with Gasteiger partial charge in [-0.15, -0.1) is 0 Å². The minimum absolute atomic E-state index is 0.0455. The van der Waals surface area contributed by atoms with E-state index in [0.29, 0.717) is 27.0 Å². The molecule has 184 valence electrons. The number of carbonyl (C=O) groups is 2. The SMILES string of the molecule is CC1(C)C(=O)N(Cc2c(F)cccc2C#N)c2cc(C(=O)NCc3c(F)cc(F)cc3F)cc(I)c21. The molecule has 3 aromatic rings. The largest absolute Gasteiger partial charge is 0.348 e. The van der Waals surface area contributed by atoms with Crippen LogP contribution in [-0.4, -0.2) is 11.8 Å². The molecule has 0 saturated heterocycles. The molecule has 1 N–H and O–H groups in total. The molecule has 3 aromatic carbocycles. The Bertz CT molecular complexity index is 1440. The molecule has 0 aromatic heterocycles. The van der Waals surface area contributed by atoms with Crippen LogP contribution in [0.4, 0.5) is 23.2 Å². The number of amides is 2. The van der Waals surface area contributed by atoms with Gasteiger partial charge in [-0.1, -0.05) is 6.07 Å². The van der Waals surface area contributed by atoms with Gasteiger partial charge in [0.05, 0.1) is 29.3 Å². The van der Waals surface area contributed by atoms with Gasteiger partial charge in [0, 0.05) is 44.5 Å². The van der Waals surface area contributed by atoms with E-state index in [2.05, 4.69) is 5.32 Å². The van der Waals surface area contributed by atoms with Crippen molar-refractivity contribution < 1.29 is 27.2 Å². The summed E-state index contributed by atoms with van der Waals surface area (Å²) < 4.78 is 56.3. The molecule has 2 amide bonds. The van der Waals surface area contributed by atoms with E-state index in [-0.39, 0.29) is 29.1 Å². The Hall–Kier alpha value is -3.46. The lowest BCUT2D eigenvalue weighted by Crippen LogP contribution is -2.36. The lowest BCUT2D eigenvalue weighted by atomic mass is 9.86. The van der Waals surface area contributed by atoms with Crippen molar-refractivity contribution in [1.82, 2.24) is 5.32 Å². The van der Waals surface area contributed by atoms with Crippen LogP contribution in [0.2, 0.25) is 0 Å². The van der Waals surface area contributed by atoms with E-state index >= 15 is 0 Å². The van der Waals surface area contributed by atoms with Crippen molar-refractivity contribution >= 4 is 40.1 Å². The number of nitriles is 1. The van der Waals surface area contributed by atoms with Crippen LogP contribution in [0.1, 0.15) is 46.5 Å². The monoisotopic (exact) mass is 607 g/mol. The number of rotatable bonds is 5. The van der Waals surface area contributed by atoms with Gasteiger partial charge in [0.15, 0.2) is 0 Å². The first kappa shape index (κ1) is 25.6. The van der Waals surface area contributed by atoms with Gasteiger partial charge in [-0.2, -0.15) is 5.26 Å². The molecule has 0 bridgehead atoms. The highest BCUT2D eigenvalue weighted by molar-refractivity contribution is 14.1. The number of anilines is 1. The Morgan fingerprint density at radius 1 is 1.06 bits per heavy atom. The highest BCUT2D eigenvalue weighted by atomic mass is 127. The minimum Gasteiger partial charge on any atom is -0.348 e. The molecule has 1 aliphatic heterocycles. The third-order valence-electron chi connectivity index (χ3n) is 6.11. The van der Waals surface area contributed by atoms with Crippen LogP contribution in [0.5, 0.6) is 0 Å². The Morgan fingerprint density at radius 3 is 2.36 bits per heavy atom. The molecular weight excluding hydrogens is 589 g/mol. The van der Waals surface area contributed by atoms with Crippen molar-refractivity contribution in [3.8, 4) is 6.07 Å². The van der Waals surface area contributed by atoms with Gasteiger partial charge in [-0.3, -0.25) is 9.59 Å². The van der Waals surface area contributed by atoms with Crippen LogP contribution in [0, 0.1) is 38.2 Å². The molecule has 0 fully saturated rings.